The molecule has 0 aromatic heterocycles. The zero-order chi connectivity index (χ0) is 12.0. The molecule has 1 aromatic rings. The minimum absolute atomic E-state index is 0.113. The molecule has 0 spiro atoms. The van der Waals surface area contributed by atoms with Crippen molar-refractivity contribution in [3.8, 4) is 11.5 Å². The van der Waals surface area contributed by atoms with Gasteiger partial charge in [-0.2, -0.15) is 0 Å². The lowest BCUT2D eigenvalue weighted by molar-refractivity contribution is -0.116. The molecule has 4 heteroatoms. The first-order valence-electron chi connectivity index (χ1n) is 5.08. The first-order chi connectivity index (χ1) is 7.67. The lowest BCUT2D eigenvalue weighted by Crippen LogP contribution is -2.20. The van der Waals surface area contributed by atoms with Crippen LogP contribution in [0.2, 0.25) is 0 Å². The Morgan fingerprint density at radius 2 is 2.06 bits per heavy atom. The fourth-order valence-corrected chi connectivity index (χ4v) is 1.39. The summed E-state index contributed by atoms with van der Waals surface area (Å²) in [5, 5.41) is 3.04. The van der Waals surface area contributed by atoms with Gasteiger partial charge in [-0.05, 0) is 25.1 Å². The monoisotopic (exact) mass is 223 g/mol. The predicted molar refractivity (Wildman–Crippen MR) is 61.9 cm³/mol. The summed E-state index contributed by atoms with van der Waals surface area (Å²) in [6.07, 6.45) is 0. The van der Waals surface area contributed by atoms with Gasteiger partial charge in [0.1, 0.15) is 17.3 Å². The van der Waals surface area contributed by atoms with E-state index in [9.17, 15) is 4.79 Å². The second-order valence-corrected chi connectivity index (χ2v) is 3.48. The summed E-state index contributed by atoms with van der Waals surface area (Å²) in [6.45, 7) is 2.50. The summed E-state index contributed by atoms with van der Waals surface area (Å²) >= 11 is 0. The molecule has 0 saturated carbocycles. The number of carbonyl (C=O) groups is 1. The van der Waals surface area contributed by atoms with Gasteiger partial charge in [0.25, 0.3) is 0 Å². The van der Waals surface area contributed by atoms with Crippen molar-refractivity contribution in [2.75, 3.05) is 20.8 Å². The van der Waals surface area contributed by atoms with E-state index in [4.69, 9.17) is 9.47 Å². The van der Waals surface area contributed by atoms with E-state index in [1.807, 2.05) is 18.2 Å². The van der Waals surface area contributed by atoms with Gasteiger partial charge in [-0.25, -0.2) is 0 Å². The lowest BCUT2D eigenvalue weighted by Gasteiger charge is -2.10. The van der Waals surface area contributed by atoms with Crippen LogP contribution in [-0.4, -0.2) is 26.5 Å². The van der Waals surface area contributed by atoms with Crippen molar-refractivity contribution in [1.82, 2.24) is 5.32 Å². The molecule has 4 nitrogen and oxygen atoms in total. The Labute approximate surface area is 95.6 Å². The number of ether oxygens (including phenoxy) is 2. The molecular formula is C12H17NO3. The summed E-state index contributed by atoms with van der Waals surface area (Å²) in [5.41, 5.74) is 0.975. The van der Waals surface area contributed by atoms with Crippen molar-refractivity contribution < 1.29 is 14.3 Å². The molecule has 1 N–H and O–H groups in total. The molecular weight excluding hydrogens is 206 g/mol. The summed E-state index contributed by atoms with van der Waals surface area (Å²) in [5.74, 6) is 1.68. The largest absolute Gasteiger partial charge is 0.497 e. The van der Waals surface area contributed by atoms with Gasteiger partial charge in [0, 0.05) is 12.1 Å². The molecule has 0 aliphatic rings. The summed E-state index contributed by atoms with van der Waals surface area (Å²) < 4.78 is 10.4. The SMILES string of the molecule is COc1ccc(OC)c(CNCC(C)=O)c1. The lowest BCUT2D eigenvalue weighted by atomic mass is 10.2. The summed E-state index contributed by atoms with van der Waals surface area (Å²) in [7, 11) is 3.24. The third kappa shape index (κ3) is 3.55. The Morgan fingerprint density at radius 1 is 1.31 bits per heavy atom. The van der Waals surface area contributed by atoms with Crippen LogP contribution < -0.4 is 14.8 Å². The highest BCUT2D eigenvalue weighted by Crippen LogP contribution is 2.23. The fourth-order valence-electron chi connectivity index (χ4n) is 1.39. The van der Waals surface area contributed by atoms with Gasteiger partial charge in [0.2, 0.25) is 0 Å². The van der Waals surface area contributed by atoms with Crippen LogP contribution in [0.1, 0.15) is 12.5 Å². The molecule has 0 amide bonds. The molecule has 16 heavy (non-hydrogen) atoms. The molecule has 0 bridgehead atoms. The highest BCUT2D eigenvalue weighted by molar-refractivity contribution is 5.77. The van der Waals surface area contributed by atoms with E-state index in [1.54, 1.807) is 21.1 Å². The molecule has 0 fully saturated rings. The number of carbonyl (C=O) groups excluding carboxylic acids is 1. The minimum Gasteiger partial charge on any atom is -0.497 e. The maximum Gasteiger partial charge on any atom is 0.143 e. The van der Waals surface area contributed by atoms with Gasteiger partial charge < -0.3 is 14.8 Å². The Bertz CT molecular complexity index is 363. The maximum atomic E-state index is 10.8. The number of nitrogens with one attached hydrogen (secondary N) is 1. The highest BCUT2D eigenvalue weighted by Gasteiger charge is 2.04. The molecule has 1 aromatic carbocycles. The van der Waals surface area contributed by atoms with Crippen molar-refractivity contribution >= 4 is 5.78 Å². The van der Waals surface area contributed by atoms with E-state index in [0.717, 1.165) is 17.1 Å². The van der Waals surface area contributed by atoms with Gasteiger partial charge in [0.05, 0.1) is 20.8 Å². The Hall–Kier alpha value is -1.55. The van der Waals surface area contributed by atoms with E-state index in [2.05, 4.69) is 5.32 Å². The van der Waals surface area contributed by atoms with Gasteiger partial charge in [-0.15, -0.1) is 0 Å². The Morgan fingerprint density at radius 3 is 2.62 bits per heavy atom. The number of methoxy groups -OCH3 is 2. The van der Waals surface area contributed by atoms with Crippen LogP contribution in [0.3, 0.4) is 0 Å². The number of benzene rings is 1. The van der Waals surface area contributed by atoms with Crippen LogP contribution in [0.4, 0.5) is 0 Å². The molecule has 0 radical (unpaired) electrons. The van der Waals surface area contributed by atoms with Crippen LogP contribution in [0.5, 0.6) is 11.5 Å². The Balaban J connectivity index is 2.71. The van der Waals surface area contributed by atoms with Gasteiger partial charge in [0.15, 0.2) is 0 Å². The number of ketones is 1. The zero-order valence-corrected chi connectivity index (χ0v) is 9.87. The van der Waals surface area contributed by atoms with E-state index < -0.39 is 0 Å². The first-order valence-corrected chi connectivity index (χ1v) is 5.08. The van der Waals surface area contributed by atoms with Crippen molar-refractivity contribution in [3.05, 3.63) is 23.8 Å². The molecule has 0 unspecified atom stereocenters. The average molecular weight is 223 g/mol. The number of rotatable bonds is 6. The first kappa shape index (κ1) is 12.5. The van der Waals surface area contributed by atoms with Crippen LogP contribution in [-0.2, 0) is 11.3 Å². The number of Topliss-reactive ketones (excluding diaryl/α,β-unsaturated/α-hetero) is 1. The third-order valence-corrected chi connectivity index (χ3v) is 2.18. The Kier molecular flexibility index (Phi) is 4.79. The highest BCUT2D eigenvalue weighted by atomic mass is 16.5. The molecule has 0 aliphatic heterocycles. The number of hydrogen-bond acceptors (Lipinski definition) is 4. The fraction of sp³-hybridized carbons (Fsp3) is 0.417. The normalized spacial score (nSPS) is 9.94. The van der Waals surface area contributed by atoms with E-state index in [-0.39, 0.29) is 5.78 Å². The van der Waals surface area contributed by atoms with Crippen molar-refractivity contribution in [1.29, 1.82) is 0 Å². The number of hydrogen-bond donors (Lipinski definition) is 1. The molecule has 88 valence electrons. The second kappa shape index (κ2) is 6.12. The zero-order valence-electron chi connectivity index (χ0n) is 9.87. The van der Waals surface area contributed by atoms with E-state index >= 15 is 0 Å². The predicted octanol–water partition coefficient (Wildman–Crippen LogP) is 1.38. The molecule has 0 aliphatic carbocycles. The van der Waals surface area contributed by atoms with Crippen LogP contribution in [0.15, 0.2) is 18.2 Å². The molecule has 1 rings (SSSR count). The average Bonchev–Trinajstić information content (AvgIpc) is 2.28. The third-order valence-electron chi connectivity index (χ3n) is 2.18. The van der Waals surface area contributed by atoms with E-state index in [0.29, 0.717) is 13.1 Å². The van der Waals surface area contributed by atoms with Crippen LogP contribution in [0.25, 0.3) is 0 Å². The standard InChI is InChI=1S/C12H17NO3/c1-9(14)7-13-8-10-6-11(15-2)4-5-12(10)16-3/h4-6,13H,7-8H2,1-3H3. The van der Waals surface area contributed by atoms with Crippen molar-refractivity contribution in [2.45, 2.75) is 13.5 Å². The van der Waals surface area contributed by atoms with Crippen molar-refractivity contribution in [3.63, 3.8) is 0 Å². The van der Waals surface area contributed by atoms with Gasteiger partial charge in [-0.3, -0.25) is 4.79 Å². The quantitative estimate of drug-likeness (QED) is 0.791. The molecule has 0 atom stereocenters. The van der Waals surface area contributed by atoms with Gasteiger partial charge in [-0.1, -0.05) is 0 Å². The molecule has 0 saturated heterocycles. The minimum atomic E-state index is 0.113. The van der Waals surface area contributed by atoms with Crippen LogP contribution in [0, 0.1) is 0 Å². The topological polar surface area (TPSA) is 47.6 Å². The summed E-state index contributed by atoms with van der Waals surface area (Å²) in [4.78, 5) is 10.8. The van der Waals surface area contributed by atoms with Gasteiger partial charge >= 0.3 is 0 Å². The smallest absolute Gasteiger partial charge is 0.143 e. The summed E-state index contributed by atoms with van der Waals surface area (Å²) in [6, 6.07) is 5.59. The van der Waals surface area contributed by atoms with Crippen LogP contribution >= 0.6 is 0 Å². The second-order valence-electron chi connectivity index (χ2n) is 3.48. The maximum absolute atomic E-state index is 10.8. The van der Waals surface area contributed by atoms with Crippen molar-refractivity contribution in [2.24, 2.45) is 0 Å². The van der Waals surface area contributed by atoms with E-state index in [1.165, 1.54) is 0 Å². The molecule has 0 heterocycles.